The number of rotatable bonds is 3. The number of carbonyl (C=O) groups excluding carboxylic acids is 2. The zero-order chi connectivity index (χ0) is 20.8. The van der Waals surface area contributed by atoms with Gasteiger partial charge in [0.1, 0.15) is 16.4 Å². The fraction of sp³-hybridized carbons (Fsp3) is 0.500. The summed E-state index contributed by atoms with van der Waals surface area (Å²) < 4.78 is 7.41. The molecule has 0 N–H and O–H groups in total. The Labute approximate surface area is 174 Å². The Morgan fingerprint density at radius 1 is 1.34 bits per heavy atom. The molecular weight excluding hydrogens is 394 g/mol. The molecule has 2 aliphatic rings. The van der Waals surface area contributed by atoms with E-state index in [2.05, 4.69) is 10.1 Å². The first-order valence-corrected chi connectivity index (χ1v) is 10.0. The number of pyridine rings is 1. The van der Waals surface area contributed by atoms with Crippen molar-refractivity contribution in [3.63, 3.8) is 0 Å². The van der Waals surface area contributed by atoms with E-state index in [9.17, 15) is 9.59 Å². The van der Waals surface area contributed by atoms with E-state index in [4.69, 9.17) is 16.3 Å². The van der Waals surface area contributed by atoms with Crippen LogP contribution >= 0.6 is 11.6 Å². The zero-order valence-electron chi connectivity index (χ0n) is 16.7. The molecule has 4 heterocycles. The third-order valence-corrected chi connectivity index (χ3v) is 5.38. The number of nitrogens with zero attached hydrogens (tertiary/aromatic N) is 5. The van der Waals surface area contributed by atoms with Gasteiger partial charge in [-0.1, -0.05) is 17.7 Å². The summed E-state index contributed by atoms with van der Waals surface area (Å²) >= 11 is 5.96. The zero-order valence-corrected chi connectivity index (χ0v) is 17.5. The van der Waals surface area contributed by atoms with Crippen molar-refractivity contribution in [3.8, 4) is 0 Å². The van der Waals surface area contributed by atoms with Crippen molar-refractivity contribution in [2.24, 2.45) is 0 Å². The first-order chi connectivity index (χ1) is 13.7. The summed E-state index contributed by atoms with van der Waals surface area (Å²) in [5.41, 5.74) is 0.668. The van der Waals surface area contributed by atoms with Gasteiger partial charge in [0.05, 0.1) is 18.6 Å². The van der Waals surface area contributed by atoms with Crippen molar-refractivity contribution in [3.05, 3.63) is 47.0 Å². The van der Waals surface area contributed by atoms with Gasteiger partial charge in [-0.15, -0.1) is 0 Å². The first-order valence-electron chi connectivity index (χ1n) is 9.65. The summed E-state index contributed by atoms with van der Waals surface area (Å²) in [6.07, 6.45) is 3.85. The summed E-state index contributed by atoms with van der Waals surface area (Å²) in [6, 6.07) is 5.13. The van der Waals surface area contributed by atoms with Crippen LogP contribution in [0.3, 0.4) is 0 Å². The highest BCUT2D eigenvalue weighted by Crippen LogP contribution is 2.31. The van der Waals surface area contributed by atoms with Crippen molar-refractivity contribution in [1.29, 1.82) is 0 Å². The van der Waals surface area contributed by atoms with Crippen LogP contribution in [0.5, 0.6) is 0 Å². The van der Waals surface area contributed by atoms with E-state index >= 15 is 0 Å². The van der Waals surface area contributed by atoms with Crippen LogP contribution in [0.15, 0.2) is 30.6 Å². The minimum Gasteiger partial charge on any atom is -0.444 e. The molecule has 2 amide bonds. The molecule has 0 saturated carbocycles. The lowest BCUT2D eigenvalue weighted by atomic mass is 10.1. The topological polar surface area (TPSA) is 80.6 Å². The average molecular weight is 418 g/mol. The highest BCUT2D eigenvalue weighted by atomic mass is 35.5. The number of amides is 2. The second kappa shape index (κ2) is 7.33. The minimum absolute atomic E-state index is 0.122. The number of halogens is 1. The van der Waals surface area contributed by atoms with Gasteiger partial charge in [0.2, 0.25) is 0 Å². The summed E-state index contributed by atoms with van der Waals surface area (Å²) in [5.74, 6) is -0.142. The number of aromatic nitrogens is 3. The molecule has 8 nitrogen and oxygen atoms in total. The van der Waals surface area contributed by atoms with Crippen LogP contribution < -0.4 is 0 Å². The molecule has 2 aliphatic heterocycles. The second-order valence-corrected chi connectivity index (χ2v) is 8.87. The number of hydrogen-bond donors (Lipinski definition) is 0. The summed E-state index contributed by atoms with van der Waals surface area (Å²) in [7, 11) is 0. The van der Waals surface area contributed by atoms with Crippen molar-refractivity contribution in [2.45, 2.75) is 58.0 Å². The predicted octanol–water partition coefficient (Wildman–Crippen LogP) is 2.97. The third-order valence-electron chi connectivity index (χ3n) is 5.17. The lowest BCUT2D eigenvalue weighted by Gasteiger charge is -2.28. The molecular formula is C20H24ClN5O3. The first kappa shape index (κ1) is 19.7. The van der Waals surface area contributed by atoms with Crippen LogP contribution in [0, 0.1) is 0 Å². The van der Waals surface area contributed by atoms with Crippen LogP contribution in [0.4, 0.5) is 4.79 Å². The second-order valence-electron chi connectivity index (χ2n) is 8.48. The fourth-order valence-electron chi connectivity index (χ4n) is 3.92. The van der Waals surface area contributed by atoms with Gasteiger partial charge in [-0.3, -0.25) is 9.48 Å². The Morgan fingerprint density at radius 2 is 2.14 bits per heavy atom. The van der Waals surface area contributed by atoms with Gasteiger partial charge in [0.15, 0.2) is 0 Å². The van der Waals surface area contributed by atoms with Crippen molar-refractivity contribution in [1.82, 2.24) is 24.6 Å². The summed E-state index contributed by atoms with van der Waals surface area (Å²) in [6.45, 7) is 6.96. The molecule has 4 rings (SSSR count). The van der Waals surface area contributed by atoms with E-state index < -0.39 is 5.60 Å². The number of carbonyl (C=O) groups is 2. The van der Waals surface area contributed by atoms with Crippen LogP contribution in [0.25, 0.3) is 0 Å². The third kappa shape index (κ3) is 4.07. The molecule has 2 aromatic rings. The van der Waals surface area contributed by atoms with Crippen LogP contribution in [-0.2, 0) is 17.8 Å². The SMILES string of the molecule is CC(C)(C)OC(=O)N1C[C@H](N2Cc3ccc(Cl)nc3C2=O)C[C@H]1Cn1cccn1. The van der Waals surface area contributed by atoms with Crippen molar-refractivity contribution >= 4 is 23.6 Å². The molecule has 154 valence electrons. The highest BCUT2D eigenvalue weighted by Gasteiger charge is 2.44. The lowest BCUT2D eigenvalue weighted by molar-refractivity contribution is 0.0199. The van der Waals surface area contributed by atoms with E-state index in [1.807, 2.05) is 39.1 Å². The molecule has 9 heteroatoms. The molecule has 29 heavy (non-hydrogen) atoms. The largest absolute Gasteiger partial charge is 0.444 e. The molecule has 0 spiro atoms. The molecule has 0 radical (unpaired) electrons. The number of hydrogen-bond acceptors (Lipinski definition) is 5. The van der Waals surface area contributed by atoms with Gasteiger partial charge in [0.25, 0.3) is 5.91 Å². The smallest absolute Gasteiger partial charge is 0.410 e. The monoisotopic (exact) mass is 417 g/mol. The molecule has 2 atom stereocenters. The maximum absolute atomic E-state index is 12.9. The van der Waals surface area contributed by atoms with Gasteiger partial charge in [0, 0.05) is 31.0 Å². The fourth-order valence-corrected chi connectivity index (χ4v) is 4.07. The van der Waals surface area contributed by atoms with Gasteiger partial charge in [-0.2, -0.15) is 5.10 Å². The van der Waals surface area contributed by atoms with Crippen molar-refractivity contribution < 1.29 is 14.3 Å². The van der Waals surface area contributed by atoms with Gasteiger partial charge < -0.3 is 14.5 Å². The normalized spacial score (nSPS) is 21.6. The Kier molecular flexibility index (Phi) is 4.98. The molecule has 2 aromatic heterocycles. The van der Waals surface area contributed by atoms with Crippen LogP contribution in [0.2, 0.25) is 5.15 Å². The van der Waals surface area contributed by atoms with E-state index in [1.54, 1.807) is 26.7 Å². The molecule has 1 fully saturated rings. The Morgan fingerprint density at radius 3 is 2.83 bits per heavy atom. The van der Waals surface area contributed by atoms with E-state index in [1.165, 1.54) is 0 Å². The predicted molar refractivity (Wildman–Crippen MR) is 106 cm³/mol. The quantitative estimate of drug-likeness (QED) is 0.717. The van der Waals surface area contributed by atoms with Crippen LogP contribution in [0.1, 0.15) is 43.2 Å². The maximum atomic E-state index is 12.9. The average Bonchev–Trinajstić information content (AvgIpc) is 3.34. The molecule has 0 aliphatic carbocycles. The minimum atomic E-state index is -0.591. The number of fused-ring (bicyclic) bond motifs is 1. The molecule has 0 bridgehead atoms. The highest BCUT2D eigenvalue weighted by molar-refractivity contribution is 6.29. The summed E-state index contributed by atoms with van der Waals surface area (Å²) in [5, 5.41) is 4.56. The van der Waals surface area contributed by atoms with Crippen LogP contribution in [-0.4, -0.2) is 60.8 Å². The lowest BCUT2D eigenvalue weighted by Crippen LogP contribution is -2.43. The molecule has 0 unspecified atom stereocenters. The van der Waals surface area contributed by atoms with Gasteiger partial charge in [-0.25, -0.2) is 9.78 Å². The van der Waals surface area contributed by atoms with E-state index in [0.29, 0.717) is 36.9 Å². The van der Waals surface area contributed by atoms with E-state index in [0.717, 1.165) is 5.56 Å². The molecule has 1 saturated heterocycles. The molecule has 0 aromatic carbocycles. The van der Waals surface area contributed by atoms with Gasteiger partial charge >= 0.3 is 6.09 Å². The van der Waals surface area contributed by atoms with E-state index in [-0.39, 0.29) is 24.1 Å². The standard InChI is InChI=1S/C20H24ClN5O3/c1-20(2,3)29-19(28)26-12-15(9-14(26)11-24-8-4-7-22-24)25-10-13-5-6-16(21)23-17(13)18(25)27/h4-8,14-15H,9-12H2,1-3H3/t14-,15+/m0/s1. The Bertz CT molecular complexity index is 925. The summed E-state index contributed by atoms with van der Waals surface area (Å²) in [4.78, 5) is 33.5. The Hall–Kier alpha value is -2.61. The number of likely N-dealkylation sites (tertiary alicyclic amines) is 1. The maximum Gasteiger partial charge on any atom is 0.410 e. The van der Waals surface area contributed by atoms with Gasteiger partial charge in [-0.05, 0) is 39.3 Å². The van der Waals surface area contributed by atoms with Crippen molar-refractivity contribution in [2.75, 3.05) is 6.54 Å². The number of ether oxygens (including phenoxy) is 1. The Balaban J connectivity index is 1.55.